The lowest BCUT2D eigenvalue weighted by Gasteiger charge is -2.01. The van der Waals surface area contributed by atoms with Gasteiger partial charge in [0, 0.05) is 0 Å². The Morgan fingerprint density at radius 1 is 1.20 bits per heavy atom. The van der Waals surface area contributed by atoms with E-state index in [-0.39, 0.29) is 5.92 Å². The first-order valence-electron chi connectivity index (χ1n) is 6.06. The average molecular weight is 212 g/mol. The van der Waals surface area contributed by atoms with Crippen LogP contribution in [0.15, 0.2) is 12.2 Å². The van der Waals surface area contributed by atoms with Crippen LogP contribution in [-0.2, 0) is 4.79 Å². The van der Waals surface area contributed by atoms with Crippen molar-refractivity contribution in [1.82, 2.24) is 0 Å². The summed E-state index contributed by atoms with van der Waals surface area (Å²) in [5, 5.41) is 8.66. The maximum Gasteiger partial charge on any atom is 0.306 e. The SMILES string of the molecule is CCCCCC/C=C/CCC(C)C(=O)O. The Bertz CT molecular complexity index is 185. The fourth-order valence-electron chi connectivity index (χ4n) is 1.39. The number of carboxylic acid groups (broad SMARTS) is 1. The van der Waals surface area contributed by atoms with Crippen LogP contribution >= 0.6 is 0 Å². The zero-order chi connectivity index (χ0) is 11.5. The molecule has 0 saturated heterocycles. The van der Waals surface area contributed by atoms with Crippen LogP contribution in [0.5, 0.6) is 0 Å². The molecule has 15 heavy (non-hydrogen) atoms. The Labute approximate surface area is 93.4 Å². The number of aliphatic carboxylic acids is 1. The van der Waals surface area contributed by atoms with E-state index in [1.54, 1.807) is 6.92 Å². The third-order valence-corrected chi connectivity index (χ3v) is 2.58. The lowest BCUT2D eigenvalue weighted by molar-refractivity contribution is -0.141. The number of carbonyl (C=O) groups is 1. The van der Waals surface area contributed by atoms with E-state index in [0.29, 0.717) is 0 Å². The summed E-state index contributed by atoms with van der Waals surface area (Å²) >= 11 is 0. The van der Waals surface area contributed by atoms with E-state index in [1.807, 2.05) is 0 Å². The van der Waals surface area contributed by atoms with Crippen LogP contribution < -0.4 is 0 Å². The Morgan fingerprint density at radius 2 is 1.87 bits per heavy atom. The molecule has 2 nitrogen and oxygen atoms in total. The molecule has 0 amide bonds. The molecule has 0 aliphatic heterocycles. The minimum absolute atomic E-state index is 0.213. The van der Waals surface area contributed by atoms with Gasteiger partial charge in [0.2, 0.25) is 0 Å². The number of carboxylic acids is 1. The van der Waals surface area contributed by atoms with Gasteiger partial charge in [-0.05, 0) is 25.7 Å². The van der Waals surface area contributed by atoms with Crippen LogP contribution in [0.3, 0.4) is 0 Å². The zero-order valence-corrected chi connectivity index (χ0v) is 10.0. The number of hydrogen-bond acceptors (Lipinski definition) is 1. The molecule has 0 bridgehead atoms. The smallest absolute Gasteiger partial charge is 0.306 e. The number of unbranched alkanes of at least 4 members (excludes halogenated alkanes) is 4. The molecule has 0 rings (SSSR count). The monoisotopic (exact) mass is 212 g/mol. The standard InChI is InChI=1S/C13H24O2/c1-3-4-5-6-7-8-9-10-11-12(2)13(14)15/h8-9,12H,3-7,10-11H2,1-2H3,(H,14,15)/b9-8+. The van der Waals surface area contributed by atoms with E-state index >= 15 is 0 Å². The molecule has 0 aliphatic carbocycles. The maximum absolute atomic E-state index is 10.5. The fourth-order valence-corrected chi connectivity index (χ4v) is 1.39. The summed E-state index contributed by atoms with van der Waals surface area (Å²) in [6.07, 6.45) is 12.3. The molecule has 1 atom stereocenters. The highest BCUT2D eigenvalue weighted by Crippen LogP contribution is 2.07. The van der Waals surface area contributed by atoms with E-state index in [2.05, 4.69) is 19.1 Å². The Morgan fingerprint density at radius 3 is 2.47 bits per heavy atom. The van der Waals surface area contributed by atoms with Crippen LogP contribution in [0.1, 0.15) is 58.8 Å². The van der Waals surface area contributed by atoms with Crippen molar-refractivity contribution >= 4 is 5.97 Å². The van der Waals surface area contributed by atoms with Gasteiger partial charge in [-0.15, -0.1) is 0 Å². The van der Waals surface area contributed by atoms with Crippen molar-refractivity contribution < 1.29 is 9.90 Å². The summed E-state index contributed by atoms with van der Waals surface area (Å²) in [5.41, 5.74) is 0. The summed E-state index contributed by atoms with van der Waals surface area (Å²) in [5.74, 6) is -0.902. The molecule has 0 heterocycles. The molecular formula is C13H24O2. The molecule has 0 aromatic rings. The summed E-state index contributed by atoms with van der Waals surface area (Å²) in [6, 6.07) is 0. The van der Waals surface area contributed by atoms with Crippen molar-refractivity contribution in [3.05, 3.63) is 12.2 Å². The van der Waals surface area contributed by atoms with Crippen molar-refractivity contribution in [2.45, 2.75) is 58.8 Å². The Hall–Kier alpha value is -0.790. The first-order chi connectivity index (χ1) is 7.18. The van der Waals surface area contributed by atoms with Crippen LogP contribution in [0.25, 0.3) is 0 Å². The summed E-state index contributed by atoms with van der Waals surface area (Å²) in [6.45, 7) is 3.97. The van der Waals surface area contributed by atoms with Crippen LogP contribution in [0.2, 0.25) is 0 Å². The molecule has 0 aliphatic rings. The van der Waals surface area contributed by atoms with Crippen molar-refractivity contribution in [3.8, 4) is 0 Å². The first-order valence-corrected chi connectivity index (χ1v) is 6.06. The molecule has 2 heteroatoms. The van der Waals surface area contributed by atoms with Crippen LogP contribution in [0, 0.1) is 5.92 Å². The zero-order valence-electron chi connectivity index (χ0n) is 10.0. The second-order valence-electron chi connectivity index (χ2n) is 4.14. The van der Waals surface area contributed by atoms with Crippen molar-refractivity contribution in [1.29, 1.82) is 0 Å². The molecule has 88 valence electrons. The fraction of sp³-hybridized carbons (Fsp3) is 0.769. The largest absolute Gasteiger partial charge is 0.481 e. The number of hydrogen-bond donors (Lipinski definition) is 1. The van der Waals surface area contributed by atoms with Gasteiger partial charge in [-0.1, -0.05) is 45.3 Å². The molecule has 0 radical (unpaired) electrons. The molecule has 0 spiro atoms. The van der Waals surface area contributed by atoms with Gasteiger partial charge in [-0.25, -0.2) is 0 Å². The van der Waals surface area contributed by atoms with E-state index in [1.165, 1.54) is 25.7 Å². The van der Waals surface area contributed by atoms with Gasteiger partial charge in [0.25, 0.3) is 0 Å². The normalized spacial score (nSPS) is 13.2. The molecule has 0 aromatic carbocycles. The predicted octanol–water partition coefficient (Wildman–Crippen LogP) is 4.01. The highest BCUT2D eigenvalue weighted by Gasteiger charge is 2.08. The Kier molecular flexibility index (Phi) is 9.24. The van der Waals surface area contributed by atoms with Gasteiger partial charge in [-0.2, -0.15) is 0 Å². The minimum atomic E-state index is -0.689. The van der Waals surface area contributed by atoms with Crippen LogP contribution in [-0.4, -0.2) is 11.1 Å². The molecule has 1 N–H and O–H groups in total. The number of rotatable bonds is 9. The number of allylic oxidation sites excluding steroid dienone is 2. The van der Waals surface area contributed by atoms with E-state index in [9.17, 15) is 4.79 Å². The summed E-state index contributed by atoms with van der Waals surface area (Å²) < 4.78 is 0. The quantitative estimate of drug-likeness (QED) is 0.463. The van der Waals surface area contributed by atoms with Gasteiger partial charge < -0.3 is 5.11 Å². The predicted molar refractivity (Wildman–Crippen MR) is 63.9 cm³/mol. The van der Waals surface area contributed by atoms with Crippen molar-refractivity contribution in [2.75, 3.05) is 0 Å². The lowest BCUT2D eigenvalue weighted by Crippen LogP contribution is -2.08. The van der Waals surface area contributed by atoms with Gasteiger partial charge in [0.1, 0.15) is 0 Å². The van der Waals surface area contributed by atoms with Gasteiger partial charge in [0.15, 0.2) is 0 Å². The van der Waals surface area contributed by atoms with Crippen LogP contribution in [0.4, 0.5) is 0 Å². The molecule has 0 fully saturated rings. The van der Waals surface area contributed by atoms with Gasteiger partial charge in [0.05, 0.1) is 5.92 Å². The van der Waals surface area contributed by atoms with Gasteiger partial charge >= 0.3 is 5.97 Å². The van der Waals surface area contributed by atoms with Crippen molar-refractivity contribution in [3.63, 3.8) is 0 Å². The minimum Gasteiger partial charge on any atom is -0.481 e. The molecular weight excluding hydrogens is 188 g/mol. The molecule has 0 saturated carbocycles. The van der Waals surface area contributed by atoms with Crippen molar-refractivity contribution in [2.24, 2.45) is 5.92 Å². The van der Waals surface area contributed by atoms with E-state index in [0.717, 1.165) is 19.3 Å². The maximum atomic E-state index is 10.5. The van der Waals surface area contributed by atoms with E-state index in [4.69, 9.17) is 5.11 Å². The third kappa shape index (κ3) is 9.51. The molecule has 0 aromatic heterocycles. The highest BCUT2D eigenvalue weighted by atomic mass is 16.4. The first kappa shape index (κ1) is 14.2. The molecule has 1 unspecified atom stereocenters. The third-order valence-electron chi connectivity index (χ3n) is 2.58. The second-order valence-corrected chi connectivity index (χ2v) is 4.14. The highest BCUT2D eigenvalue weighted by molar-refractivity contribution is 5.69. The summed E-state index contributed by atoms with van der Waals surface area (Å²) in [7, 11) is 0. The Balaban J connectivity index is 3.28. The average Bonchev–Trinajstić information content (AvgIpc) is 2.21. The lowest BCUT2D eigenvalue weighted by atomic mass is 10.1. The van der Waals surface area contributed by atoms with Gasteiger partial charge in [-0.3, -0.25) is 4.79 Å². The second kappa shape index (κ2) is 9.75. The van der Waals surface area contributed by atoms with E-state index < -0.39 is 5.97 Å². The summed E-state index contributed by atoms with van der Waals surface area (Å²) in [4.78, 5) is 10.5. The topological polar surface area (TPSA) is 37.3 Å².